The molecular formula is C113H80N6. The molecular weight excluding hydrogens is 1440 g/mol. The van der Waals surface area contributed by atoms with Crippen LogP contribution in [0.2, 0.25) is 0 Å². The maximum absolute atomic E-state index is 5.12. The van der Waals surface area contributed by atoms with Crippen molar-refractivity contribution in [2.75, 3.05) is 19.6 Å². The Hall–Kier alpha value is -15.9. The maximum atomic E-state index is 5.12. The lowest BCUT2D eigenvalue weighted by Crippen LogP contribution is -2.12. The van der Waals surface area contributed by atoms with E-state index in [1.807, 2.05) is 0 Å². The van der Waals surface area contributed by atoms with E-state index in [4.69, 9.17) is 4.98 Å². The highest BCUT2D eigenvalue weighted by Crippen LogP contribution is 2.48. The molecule has 562 valence electrons. The number of imidazole rings is 1. The molecule has 119 heavy (non-hydrogen) atoms. The molecule has 20 aromatic carbocycles. The van der Waals surface area contributed by atoms with E-state index in [9.17, 15) is 0 Å². The standard InChI is InChI=1S/C60H46N4.C53H34N2/c1-7-19-49(20-8-1)61(50-21-9-2-10-22-50)57-39-43-59(44-40-57)63(53-27-15-5-16-28-53)55-35-31-47(32-36-55)48-33-37-56(38-34-48)64(54-29-17-6-18-30-54)60-45-41-58(42-46-60)62(51-23-11-3-12-24-51)52-25-13-4-14-26-52;1-2-16-44(17-3-1)55-50-21-11-10-20-49(50)54-53(55)38-26-22-37(23-27-38)41-30-31-47-48(34-41)52(43-29-25-36-13-5-7-15-40(36)33-43)46-19-9-8-18-45(46)51(47)42-28-24-35-12-4-6-14-39(35)32-42/h1-46H;1-34H. The molecule has 0 amide bonds. The van der Waals surface area contributed by atoms with Crippen molar-refractivity contribution >= 4 is 122 Å². The van der Waals surface area contributed by atoms with Crippen molar-refractivity contribution in [3.63, 3.8) is 0 Å². The predicted octanol–water partition coefficient (Wildman–Crippen LogP) is 31.5. The molecule has 0 bridgehead atoms. The van der Waals surface area contributed by atoms with E-state index in [1.54, 1.807) is 0 Å². The molecule has 0 radical (unpaired) electrons. The molecule has 0 aliphatic carbocycles. The first-order valence-corrected chi connectivity index (χ1v) is 40.6. The van der Waals surface area contributed by atoms with Gasteiger partial charge in [-0.05, 0) is 276 Å². The molecule has 0 saturated heterocycles. The second-order valence-corrected chi connectivity index (χ2v) is 29.8. The second kappa shape index (κ2) is 32.5. The number of nitrogens with zero attached hydrogens (tertiary/aromatic N) is 6. The van der Waals surface area contributed by atoms with E-state index in [0.717, 1.165) is 113 Å². The fourth-order valence-corrected chi connectivity index (χ4v) is 16.9. The third-order valence-corrected chi connectivity index (χ3v) is 22.6. The zero-order valence-corrected chi connectivity index (χ0v) is 65.4. The summed E-state index contributed by atoms with van der Waals surface area (Å²) in [6, 6.07) is 174. The largest absolute Gasteiger partial charge is 0.311 e. The number of para-hydroxylation sites is 9. The number of rotatable bonds is 18. The topological polar surface area (TPSA) is 30.8 Å². The van der Waals surface area contributed by atoms with E-state index in [2.05, 4.69) is 509 Å². The lowest BCUT2D eigenvalue weighted by Gasteiger charge is -2.28. The lowest BCUT2D eigenvalue weighted by atomic mass is 9.84. The maximum Gasteiger partial charge on any atom is 0.145 e. The molecule has 0 atom stereocenters. The SMILES string of the molecule is c1ccc(-n2c(-c3ccc(-c4ccc5c(-c6ccc7ccccc7c6)c6ccccc6c(-c6ccc7ccccc7c6)c5c4)cc3)nc3ccccc32)cc1.c1ccc(N(c2ccccc2)c2ccc(N(c3ccccc3)c3ccc(-c4ccc(N(c5ccccc5)c5ccc(N(c6ccccc6)c6ccccc6)cc5)cc4)cc3)cc2)cc1. The minimum atomic E-state index is 0.933. The summed E-state index contributed by atoms with van der Waals surface area (Å²) in [4.78, 5) is 14.3. The number of aromatic nitrogens is 2. The van der Waals surface area contributed by atoms with Crippen LogP contribution in [0.5, 0.6) is 0 Å². The van der Waals surface area contributed by atoms with Gasteiger partial charge in [-0.15, -0.1) is 0 Å². The zero-order chi connectivity index (χ0) is 79.2. The van der Waals surface area contributed by atoms with Gasteiger partial charge in [0, 0.05) is 79.5 Å². The number of benzene rings is 20. The van der Waals surface area contributed by atoms with E-state index in [-0.39, 0.29) is 0 Å². The minimum absolute atomic E-state index is 0.933. The van der Waals surface area contributed by atoms with Crippen LogP contribution in [-0.4, -0.2) is 9.55 Å². The van der Waals surface area contributed by atoms with Gasteiger partial charge in [-0.25, -0.2) is 4.98 Å². The molecule has 1 heterocycles. The van der Waals surface area contributed by atoms with Crippen LogP contribution < -0.4 is 19.6 Å². The van der Waals surface area contributed by atoms with Crippen molar-refractivity contribution in [3.05, 3.63) is 485 Å². The summed E-state index contributed by atoms with van der Waals surface area (Å²) in [5, 5.41) is 9.97. The van der Waals surface area contributed by atoms with Crippen LogP contribution in [0.25, 0.3) is 116 Å². The summed E-state index contributed by atoms with van der Waals surface area (Å²) in [6.07, 6.45) is 0. The van der Waals surface area contributed by atoms with Gasteiger partial charge >= 0.3 is 0 Å². The van der Waals surface area contributed by atoms with Crippen molar-refractivity contribution in [3.8, 4) is 61.6 Å². The highest BCUT2D eigenvalue weighted by atomic mass is 15.2. The summed E-state index contributed by atoms with van der Waals surface area (Å²) in [5.41, 5.74) is 27.0. The van der Waals surface area contributed by atoms with Crippen LogP contribution in [-0.2, 0) is 0 Å². The molecule has 0 unspecified atom stereocenters. The van der Waals surface area contributed by atoms with Crippen LogP contribution >= 0.6 is 0 Å². The first-order chi connectivity index (χ1) is 59.0. The summed E-state index contributed by atoms with van der Waals surface area (Å²) >= 11 is 0. The van der Waals surface area contributed by atoms with E-state index in [0.29, 0.717) is 0 Å². The van der Waals surface area contributed by atoms with Crippen molar-refractivity contribution in [1.29, 1.82) is 0 Å². The molecule has 0 spiro atoms. The van der Waals surface area contributed by atoms with Crippen molar-refractivity contribution < 1.29 is 0 Å². The number of fused-ring (bicyclic) bond motifs is 5. The van der Waals surface area contributed by atoms with Gasteiger partial charge in [0.05, 0.1) is 11.0 Å². The van der Waals surface area contributed by atoms with Crippen LogP contribution in [0, 0.1) is 0 Å². The Morgan fingerprint density at radius 1 is 0.168 bits per heavy atom. The lowest BCUT2D eigenvalue weighted by molar-refractivity contribution is 1.10. The Morgan fingerprint density at radius 2 is 0.429 bits per heavy atom. The van der Waals surface area contributed by atoms with Gasteiger partial charge < -0.3 is 19.6 Å². The molecule has 0 fully saturated rings. The Kier molecular flexibility index (Phi) is 19.7. The molecule has 0 saturated carbocycles. The second-order valence-electron chi connectivity index (χ2n) is 29.8. The van der Waals surface area contributed by atoms with Crippen molar-refractivity contribution in [1.82, 2.24) is 9.55 Å². The van der Waals surface area contributed by atoms with Gasteiger partial charge in [-0.1, -0.05) is 297 Å². The van der Waals surface area contributed by atoms with Gasteiger partial charge in [0.15, 0.2) is 0 Å². The molecule has 0 N–H and O–H groups in total. The van der Waals surface area contributed by atoms with E-state index < -0.39 is 0 Å². The fraction of sp³-hybridized carbons (Fsp3) is 0. The smallest absolute Gasteiger partial charge is 0.145 e. The third-order valence-electron chi connectivity index (χ3n) is 22.6. The van der Waals surface area contributed by atoms with Crippen LogP contribution in [0.1, 0.15) is 0 Å². The summed E-state index contributed by atoms with van der Waals surface area (Å²) in [6.45, 7) is 0. The Bertz CT molecular complexity index is 6800. The number of anilines is 12. The van der Waals surface area contributed by atoms with Gasteiger partial charge in [0.25, 0.3) is 0 Å². The quantitative estimate of drug-likeness (QED) is 0.0799. The fourth-order valence-electron chi connectivity index (χ4n) is 16.9. The average molecular weight is 1520 g/mol. The highest BCUT2D eigenvalue weighted by molar-refractivity contribution is 6.23. The molecule has 21 aromatic rings. The summed E-state index contributed by atoms with van der Waals surface area (Å²) in [7, 11) is 0. The number of hydrogen-bond acceptors (Lipinski definition) is 5. The molecule has 0 aliphatic rings. The average Bonchev–Trinajstić information content (AvgIpc) is 1.27. The molecule has 21 rings (SSSR count). The van der Waals surface area contributed by atoms with E-state index in [1.165, 1.54) is 70.9 Å². The third kappa shape index (κ3) is 14.6. The van der Waals surface area contributed by atoms with Crippen molar-refractivity contribution in [2.24, 2.45) is 0 Å². The molecule has 6 nitrogen and oxygen atoms in total. The summed E-state index contributed by atoms with van der Waals surface area (Å²) < 4.78 is 2.26. The minimum Gasteiger partial charge on any atom is -0.311 e. The monoisotopic (exact) mass is 1520 g/mol. The van der Waals surface area contributed by atoms with Crippen LogP contribution in [0.15, 0.2) is 485 Å². The van der Waals surface area contributed by atoms with Gasteiger partial charge in [-0.2, -0.15) is 0 Å². The molecule has 0 aliphatic heterocycles. The normalized spacial score (nSPS) is 11.2. The molecule has 1 aromatic heterocycles. The summed E-state index contributed by atoms with van der Waals surface area (Å²) in [5.74, 6) is 0.933. The first-order valence-electron chi connectivity index (χ1n) is 40.6. The van der Waals surface area contributed by atoms with Crippen LogP contribution in [0.4, 0.5) is 68.2 Å². The zero-order valence-electron chi connectivity index (χ0n) is 65.4. The first kappa shape index (κ1) is 72.1. The highest BCUT2D eigenvalue weighted by Gasteiger charge is 2.23. The Balaban J connectivity index is 0.000000154. The molecule has 6 heteroatoms. The Labute approximate surface area is 693 Å². The Morgan fingerprint density at radius 3 is 0.815 bits per heavy atom. The van der Waals surface area contributed by atoms with E-state index >= 15 is 0 Å². The van der Waals surface area contributed by atoms with Gasteiger partial charge in [0.1, 0.15) is 5.82 Å². The van der Waals surface area contributed by atoms with Crippen LogP contribution in [0.3, 0.4) is 0 Å². The van der Waals surface area contributed by atoms with Gasteiger partial charge in [0.2, 0.25) is 0 Å². The number of hydrogen-bond donors (Lipinski definition) is 0. The predicted molar refractivity (Wildman–Crippen MR) is 503 cm³/mol. The van der Waals surface area contributed by atoms with Gasteiger partial charge in [-0.3, -0.25) is 4.57 Å². The van der Waals surface area contributed by atoms with Crippen molar-refractivity contribution in [2.45, 2.75) is 0 Å².